The van der Waals surface area contributed by atoms with E-state index in [0.29, 0.717) is 0 Å². The van der Waals surface area contributed by atoms with Crippen molar-refractivity contribution in [3.05, 3.63) is 0 Å². The SMILES string of the molecule is CCCCOC(=O)C(F)(F)C(F)(F)C(F)(F)C(F)(F)C(F)(F)C(F)(F)C(F)(F)C(F)(F)F. The second-order valence-electron chi connectivity index (χ2n) is 6.01. The molecule has 0 rings (SSSR count). The van der Waals surface area contributed by atoms with Crippen LogP contribution in [0.2, 0.25) is 0 Å². The van der Waals surface area contributed by atoms with Crippen molar-refractivity contribution >= 4 is 5.97 Å². The monoisotopic (exact) mass is 520 g/mol. The highest BCUT2D eigenvalue weighted by atomic mass is 19.4. The van der Waals surface area contributed by atoms with Crippen LogP contribution in [0.3, 0.4) is 0 Å². The predicted molar refractivity (Wildman–Crippen MR) is 66.6 cm³/mol. The molecule has 0 heterocycles. The molecule has 0 unspecified atom stereocenters. The van der Waals surface area contributed by atoms with E-state index in [0.717, 1.165) is 0 Å². The highest BCUT2D eigenvalue weighted by Gasteiger charge is 2.95. The number of ether oxygens (including phenoxy) is 1. The fraction of sp³-hybridized carbons (Fsp3) is 0.923. The van der Waals surface area contributed by atoms with Crippen molar-refractivity contribution in [1.82, 2.24) is 0 Å². The van der Waals surface area contributed by atoms with Gasteiger partial charge in [0.1, 0.15) is 0 Å². The summed E-state index contributed by atoms with van der Waals surface area (Å²) in [4.78, 5) is 10.9. The molecular formula is C13H9F17O2. The minimum Gasteiger partial charge on any atom is -0.461 e. The molecule has 0 aliphatic rings. The summed E-state index contributed by atoms with van der Waals surface area (Å²) in [7, 11) is 0. The van der Waals surface area contributed by atoms with Crippen molar-refractivity contribution in [3.63, 3.8) is 0 Å². The van der Waals surface area contributed by atoms with Gasteiger partial charge < -0.3 is 4.74 Å². The number of esters is 1. The summed E-state index contributed by atoms with van der Waals surface area (Å²) >= 11 is 0. The Morgan fingerprint density at radius 1 is 0.562 bits per heavy atom. The maximum atomic E-state index is 13.4. The molecule has 192 valence electrons. The van der Waals surface area contributed by atoms with Gasteiger partial charge in [-0.15, -0.1) is 0 Å². The molecule has 0 N–H and O–H groups in total. The highest BCUT2D eigenvalue weighted by molar-refractivity contribution is 5.79. The fourth-order valence-corrected chi connectivity index (χ4v) is 1.69. The minimum absolute atomic E-state index is 0.0157. The summed E-state index contributed by atoms with van der Waals surface area (Å²) in [6.07, 6.45) is -8.24. The molecule has 0 bridgehead atoms. The van der Waals surface area contributed by atoms with Gasteiger partial charge in [-0.3, -0.25) is 0 Å². The summed E-state index contributed by atoms with van der Waals surface area (Å²) in [6, 6.07) is 0. The van der Waals surface area contributed by atoms with Crippen molar-refractivity contribution < 1.29 is 84.2 Å². The van der Waals surface area contributed by atoms with Crippen LogP contribution >= 0.6 is 0 Å². The van der Waals surface area contributed by atoms with E-state index in [1.807, 2.05) is 0 Å². The van der Waals surface area contributed by atoms with Gasteiger partial charge in [-0.2, -0.15) is 74.6 Å². The van der Waals surface area contributed by atoms with Gasteiger partial charge in [-0.25, -0.2) is 4.79 Å². The molecule has 0 aromatic heterocycles. The first-order chi connectivity index (χ1) is 13.7. The van der Waals surface area contributed by atoms with Crippen LogP contribution in [0.5, 0.6) is 0 Å². The van der Waals surface area contributed by atoms with Crippen molar-refractivity contribution in [1.29, 1.82) is 0 Å². The van der Waals surface area contributed by atoms with Crippen molar-refractivity contribution in [2.24, 2.45) is 0 Å². The van der Waals surface area contributed by atoms with Crippen molar-refractivity contribution in [2.45, 2.75) is 67.4 Å². The quantitative estimate of drug-likeness (QED) is 0.191. The topological polar surface area (TPSA) is 26.3 Å². The Morgan fingerprint density at radius 3 is 1.19 bits per heavy atom. The van der Waals surface area contributed by atoms with Crippen LogP contribution in [0.15, 0.2) is 0 Å². The first-order valence-corrected chi connectivity index (χ1v) is 7.62. The van der Waals surface area contributed by atoms with E-state index in [2.05, 4.69) is 4.74 Å². The molecule has 0 amide bonds. The Hall–Kier alpha value is -1.72. The Kier molecular flexibility index (Phi) is 7.81. The standard InChI is InChI=1S/C13H9F17O2/c1-2-3-4-32-5(31)6(14,15)7(16,17)8(18,19)9(20,21)10(22,23)11(24,25)12(26,27)13(28,29)30/h2-4H2,1H3. The smallest absolute Gasteiger partial charge is 0.460 e. The number of hydrogen-bond acceptors (Lipinski definition) is 2. The van der Waals surface area contributed by atoms with Crippen LogP contribution in [-0.2, 0) is 9.53 Å². The molecule has 2 nitrogen and oxygen atoms in total. The lowest BCUT2D eigenvalue weighted by molar-refractivity contribution is -0.460. The number of alkyl halides is 17. The molecule has 0 atom stereocenters. The van der Waals surface area contributed by atoms with E-state index in [1.165, 1.54) is 6.92 Å². The zero-order valence-corrected chi connectivity index (χ0v) is 14.9. The van der Waals surface area contributed by atoms with Gasteiger partial charge in [0.15, 0.2) is 0 Å². The molecule has 0 spiro atoms. The third-order valence-corrected chi connectivity index (χ3v) is 3.71. The minimum atomic E-state index is -8.73. The first-order valence-electron chi connectivity index (χ1n) is 7.62. The van der Waals surface area contributed by atoms with Gasteiger partial charge in [-0.05, 0) is 6.42 Å². The summed E-state index contributed by atoms with van der Waals surface area (Å²) in [6.45, 7) is 0.0449. The van der Waals surface area contributed by atoms with E-state index >= 15 is 0 Å². The fourth-order valence-electron chi connectivity index (χ4n) is 1.69. The lowest BCUT2D eigenvalue weighted by Crippen LogP contribution is -2.75. The molecular weight excluding hydrogens is 511 g/mol. The van der Waals surface area contributed by atoms with E-state index in [1.54, 1.807) is 0 Å². The van der Waals surface area contributed by atoms with E-state index in [9.17, 15) is 79.4 Å². The first kappa shape index (κ1) is 30.3. The van der Waals surface area contributed by atoms with E-state index < -0.39 is 66.6 Å². The van der Waals surface area contributed by atoms with E-state index in [4.69, 9.17) is 0 Å². The zero-order chi connectivity index (χ0) is 26.4. The number of unbranched alkanes of at least 4 members (excludes halogenated alkanes) is 1. The average molecular weight is 520 g/mol. The molecule has 19 heteroatoms. The second kappa shape index (κ2) is 8.25. The third-order valence-electron chi connectivity index (χ3n) is 3.71. The third kappa shape index (κ3) is 4.03. The number of rotatable bonds is 10. The van der Waals surface area contributed by atoms with Gasteiger partial charge in [0.05, 0.1) is 6.61 Å². The summed E-state index contributed by atoms with van der Waals surface area (Å²) in [5.74, 6) is -61.7. The van der Waals surface area contributed by atoms with Crippen molar-refractivity contribution in [2.75, 3.05) is 6.61 Å². The summed E-state index contributed by atoms with van der Waals surface area (Å²) in [5, 5.41) is 0. The highest BCUT2D eigenvalue weighted by Crippen LogP contribution is 2.63. The van der Waals surface area contributed by atoms with Gasteiger partial charge >= 0.3 is 53.6 Å². The molecule has 32 heavy (non-hydrogen) atoms. The number of carbonyl (C=O) groups is 1. The molecule has 0 saturated carbocycles. The molecule has 0 radical (unpaired) electrons. The van der Waals surface area contributed by atoms with Gasteiger partial charge in [0.25, 0.3) is 0 Å². The molecule has 0 saturated heterocycles. The maximum Gasteiger partial charge on any atom is 0.460 e. The average Bonchev–Trinajstić information content (AvgIpc) is 2.59. The van der Waals surface area contributed by atoms with Crippen LogP contribution < -0.4 is 0 Å². The normalized spacial score (nSPS) is 15.7. The Bertz CT molecular complexity index is 678. The molecule has 0 aromatic carbocycles. The van der Waals surface area contributed by atoms with Crippen LogP contribution in [0.1, 0.15) is 19.8 Å². The Labute approximate surface area is 165 Å². The van der Waals surface area contributed by atoms with Gasteiger partial charge in [-0.1, -0.05) is 13.3 Å². The second-order valence-corrected chi connectivity index (χ2v) is 6.01. The molecule has 0 aliphatic heterocycles. The van der Waals surface area contributed by atoms with Crippen LogP contribution in [0, 0.1) is 0 Å². The number of carbonyl (C=O) groups excluding carboxylic acids is 1. The van der Waals surface area contributed by atoms with Crippen LogP contribution in [0.25, 0.3) is 0 Å². The molecule has 0 aromatic rings. The number of halogens is 17. The van der Waals surface area contributed by atoms with Crippen LogP contribution in [-0.4, -0.2) is 60.2 Å². The zero-order valence-electron chi connectivity index (χ0n) is 14.9. The maximum absolute atomic E-state index is 13.4. The predicted octanol–water partition coefficient (Wildman–Crippen LogP) is 6.34. The summed E-state index contributed by atoms with van der Waals surface area (Å²) < 4.78 is 224. The largest absolute Gasteiger partial charge is 0.461 e. The van der Waals surface area contributed by atoms with E-state index in [-0.39, 0.29) is 6.42 Å². The van der Waals surface area contributed by atoms with Crippen LogP contribution in [0.4, 0.5) is 74.6 Å². The summed E-state index contributed by atoms with van der Waals surface area (Å²) in [5.41, 5.74) is 0. The lowest BCUT2D eigenvalue weighted by atomic mass is 9.89. The number of hydrogen-bond donors (Lipinski definition) is 0. The van der Waals surface area contributed by atoms with Gasteiger partial charge in [0, 0.05) is 0 Å². The molecule has 0 fully saturated rings. The Morgan fingerprint density at radius 2 is 0.875 bits per heavy atom. The van der Waals surface area contributed by atoms with Crippen molar-refractivity contribution in [3.8, 4) is 0 Å². The molecule has 0 aliphatic carbocycles. The Balaban J connectivity index is 6.56. The van der Waals surface area contributed by atoms with Gasteiger partial charge in [0.2, 0.25) is 0 Å². The lowest BCUT2D eigenvalue weighted by Gasteiger charge is -2.42.